The number of rotatable bonds is 4. The van der Waals surface area contributed by atoms with Gasteiger partial charge in [-0.05, 0) is 51.3 Å². The number of nitrogens with one attached hydrogen (secondary N) is 1. The largest absolute Gasteiger partial charge is 0.242 e. The molecule has 0 bridgehead atoms. The van der Waals surface area contributed by atoms with Gasteiger partial charge in [0.15, 0.2) is 0 Å². The SMILES string of the molecule is Cc1c(Br)ccc(CCNS(=O)C(C)(C)C)c1Cl. The Labute approximate surface area is 125 Å². The minimum atomic E-state index is -1.03. The molecule has 1 unspecified atom stereocenters. The molecule has 1 rings (SSSR count). The summed E-state index contributed by atoms with van der Waals surface area (Å²) >= 11 is 9.72. The van der Waals surface area contributed by atoms with E-state index in [4.69, 9.17) is 11.6 Å². The molecule has 0 radical (unpaired) electrons. The minimum Gasteiger partial charge on any atom is -0.242 e. The molecule has 0 aliphatic carbocycles. The van der Waals surface area contributed by atoms with E-state index in [1.807, 2.05) is 39.8 Å². The molecule has 0 saturated carbocycles. The molecule has 0 aromatic heterocycles. The zero-order valence-corrected chi connectivity index (χ0v) is 14.3. The van der Waals surface area contributed by atoms with Gasteiger partial charge in [0.1, 0.15) is 0 Å². The van der Waals surface area contributed by atoms with E-state index in [1.54, 1.807) is 0 Å². The first-order valence-corrected chi connectivity index (χ1v) is 8.14. The zero-order chi connectivity index (χ0) is 13.9. The highest BCUT2D eigenvalue weighted by Crippen LogP contribution is 2.27. The van der Waals surface area contributed by atoms with Gasteiger partial charge in [-0.15, -0.1) is 0 Å². The van der Waals surface area contributed by atoms with Crippen molar-refractivity contribution in [3.8, 4) is 0 Å². The average molecular weight is 353 g/mol. The summed E-state index contributed by atoms with van der Waals surface area (Å²) in [4.78, 5) is 0. The van der Waals surface area contributed by atoms with Gasteiger partial charge in [0.25, 0.3) is 0 Å². The Morgan fingerprint density at radius 3 is 2.56 bits per heavy atom. The third-order valence-corrected chi connectivity index (χ3v) is 5.55. The molecule has 0 amide bonds. The maximum atomic E-state index is 11.8. The van der Waals surface area contributed by atoms with Gasteiger partial charge in [-0.2, -0.15) is 0 Å². The van der Waals surface area contributed by atoms with Crippen molar-refractivity contribution >= 4 is 38.5 Å². The quantitative estimate of drug-likeness (QED) is 0.871. The molecule has 0 aliphatic heterocycles. The fourth-order valence-corrected chi connectivity index (χ4v) is 2.83. The topological polar surface area (TPSA) is 29.1 Å². The molecule has 1 atom stereocenters. The summed E-state index contributed by atoms with van der Waals surface area (Å²) in [7, 11) is -1.03. The van der Waals surface area contributed by atoms with Crippen LogP contribution in [0.15, 0.2) is 16.6 Å². The highest BCUT2D eigenvalue weighted by Gasteiger charge is 2.18. The van der Waals surface area contributed by atoms with Crippen LogP contribution in [0.4, 0.5) is 0 Å². The van der Waals surface area contributed by atoms with Gasteiger partial charge in [-0.1, -0.05) is 33.6 Å². The lowest BCUT2D eigenvalue weighted by molar-refractivity contribution is 0.635. The first-order valence-electron chi connectivity index (χ1n) is 5.82. The van der Waals surface area contributed by atoms with E-state index in [9.17, 15) is 4.21 Å². The lowest BCUT2D eigenvalue weighted by atomic mass is 10.1. The van der Waals surface area contributed by atoms with E-state index < -0.39 is 11.0 Å². The van der Waals surface area contributed by atoms with Crippen molar-refractivity contribution in [2.75, 3.05) is 6.54 Å². The number of benzene rings is 1. The molecule has 1 aromatic rings. The summed E-state index contributed by atoms with van der Waals surface area (Å²) in [5.74, 6) is 0. The smallest absolute Gasteiger partial charge is 0.0970 e. The van der Waals surface area contributed by atoms with Gasteiger partial charge in [-0.25, -0.2) is 8.93 Å². The van der Waals surface area contributed by atoms with E-state index in [-0.39, 0.29) is 4.75 Å². The van der Waals surface area contributed by atoms with Crippen LogP contribution in [-0.4, -0.2) is 15.5 Å². The molecule has 0 spiro atoms. The summed E-state index contributed by atoms with van der Waals surface area (Å²) < 4.78 is 15.6. The van der Waals surface area contributed by atoms with E-state index in [0.29, 0.717) is 6.54 Å². The zero-order valence-electron chi connectivity index (χ0n) is 11.1. The molecular formula is C13H19BrClNOS. The Balaban J connectivity index is 2.61. The van der Waals surface area contributed by atoms with Gasteiger partial charge in [-0.3, -0.25) is 0 Å². The van der Waals surface area contributed by atoms with Crippen molar-refractivity contribution in [2.45, 2.75) is 38.9 Å². The summed E-state index contributed by atoms with van der Waals surface area (Å²) in [6.07, 6.45) is 0.773. The van der Waals surface area contributed by atoms with E-state index in [2.05, 4.69) is 20.7 Å². The molecule has 1 N–H and O–H groups in total. The Kier molecular flexibility index (Phi) is 5.84. The van der Waals surface area contributed by atoms with Gasteiger partial charge in [0.2, 0.25) is 0 Å². The summed E-state index contributed by atoms with van der Waals surface area (Å²) in [6.45, 7) is 8.49. The Morgan fingerprint density at radius 1 is 1.39 bits per heavy atom. The normalized spacial score (nSPS) is 13.7. The van der Waals surface area contributed by atoms with Crippen LogP contribution in [0.5, 0.6) is 0 Å². The highest BCUT2D eigenvalue weighted by atomic mass is 79.9. The summed E-state index contributed by atoms with van der Waals surface area (Å²) in [6, 6.07) is 4.00. The highest BCUT2D eigenvalue weighted by molar-refractivity contribution is 9.10. The van der Waals surface area contributed by atoms with Gasteiger partial charge < -0.3 is 0 Å². The van der Waals surface area contributed by atoms with Crippen molar-refractivity contribution in [3.63, 3.8) is 0 Å². The predicted octanol–water partition coefficient (Wildman–Crippen LogP) is 4.01. The fraction of sp³-hybridized carbons (Fsp3) is 0.538. The summed E-state index contributed by atoms with van der Waals surface area (Å²) in [5.41, 5.74) is 2.13. The van der Waals surface area contributed by atoms with Crippen LogP contribution >= 0.6 is 27.5 Å². The number of hydrogen-bond acceptors (Lipinski definition) is 1. The lowest BCUT2D eigenvalue weighted by Crippen LogP contribution is -2.34. The molecule has 1 aromatic carbocycles. The van der Waals surface area contributed by atoms with Crippen molar-refractivity contribution in [2.24, 2.45) is 0 Å². The molecule has 18 heavy (non-hydrogen) atoms. The standard InChI is InChI=1S/C13H19BrClNOS/c1-9-11(14)6-5-10(12(9)15)7-8-16-18(17)13(2,3)4/h5-6,16H,7-8H2,1-4H3. The van der Waals surface area contributed by atoms with Crippen LogP contribution in [0.1, 0.15) is 31.9 Å². The monoisotopic (exact) mass is 351 g/mol. The predicted molar refractivity (Wildman–Crippen MR) is 83.5 cm³/mol. The average Bonchev–Trinajstić information content (AvgIpc) is 2.27. The molecule has 5 heteroatoms. The maximum Gasteiger partial charge on any atom is 0.0970 e. The van der Waals surface area contributed by atoms with Crippen LogP contribution in [-0.2, 0) is 17.4 Å². The molecule has 0 saturated heterocycles. The third-order valence-electron chi connectivity index (χ3n) is 2.58. The Bertz CT molecular complexity index is 457. The van der Waals surface area contributed by atoms with Crippen molar-refractivity contribution in [1.29, 1.82) is 0 Å². The summed E-state index contributed by atoms with van der Waals surface area (Å²) in [5, 5.41) is 0.785. The minimum absolute atomic E-state index is 0.237. The Hall–Kier alpha value is 0.1000. The molecule has 2 nitrogen and oxygen atoms in total. The first-order chi connectivity index (χ1) is 8.23. The van der Waals surface area contributed by atoms with Crippen molar-refractivity contribution in [1.82, 2.24) is 4.72 Å². The molecular weight excluding hydrogens is 334 g/mol. The van der Waals surface area contributed by atoms with Gasteiger partial charge in [0, 0.05) is 16.0 Å². The molecule has 0 heterocycles. The van der Waals surface area contributed by atoms with E-state index in [1.165, 1.54) is 0 Å². The number of halogens is 2. The van der Waals surface area contributed by atoms with E-state index in [0.717, 1.165) is 27.0 Å². The van der Waals surface area contributed by atoms with E-state index >= 15 is 0 Å². The van der Waals surface area contributed by atoms with Crippen LogP contribution in [0.25, 0.3) is 0 Å². The van der Waals surface area contributed by atoms with Crippen molar-refractivity contribution in [3.05, 3.63) is 32.8 Å². The van der Waals surface area contributed by atoms with Gasteiger partial charge in [0.05, 0.1) is 15.7 Å². The maximum absolute atomic E-state index is 11.8. The van der Waals surface area contributed by atoms with Crippen LogP contribution in [0.3, 0.4) is 0 Å². The molecule has 0 fully saturated rings. The molecule has 102 valence electrons. The second-order valence-corrected chi connectivity index (χ2v) is 8.45. The molecule has 0 aliphatic rings. The number of hydrogen-bond donors (Lipinski definition) is 1. The lowest BCUT2D eigenvalue weighted by Gasteiger charge is -2.18. The van der Waals surface area contributed by atoms with Crippen LogP contribution < -0.4 is 4.72 Å². The van der Waals surface area contributed by atoms with Crippen molar-refractivity contribution < 1.29 is 4.21 Å². The van der Waals surface area contributed by atoms with Crippen LogP contribution in [0.2, 0.25) is 5.02 Å². The Morgan fingerprint density at radius 2 is 2.00 bits per heavy atom. The second-order valence-electron chi connectivity index (χ2n) is 5.17. The fourth-order valence-electron chi connectivity index (χ4n) is 1.41. The second kappa shape index (κ2) is 6.51. The first kappa shape index (κ1) is 16.2. The van der Waals surface area contributed by atoms with Crippen LogP contribution in [0, 0.1) is 6.92 Å². The van der Waals surface area contributed by atoms with Gasteiger partial charge >= 0.3 is 0 Å². The third kappa shape index (κ3) is 4.34.